The Morgan fingerprint density at radius 3 is 2.58 bits per heavy atom. The Labute approximate surface area is 144 Å². The van der Waals surface area contributed by atoms with Crippen LogP contribution in [0.4, 0.5) is 0 Å². The van der Waals surface area contributed by atoms with Crippen LogP contribution >= 0.6 is 11.6 Å². The van der Waals surface area contributed by atoms with Gasteiger partial charge in [0.05, 0.1) is 5.02 Å². The van der Waals surface area contributed by atoms with Crippen molar-refractivity contribution in [3.8, 4) is 0 Å². The Bertz CT molecular complexity index is 919. The number of halogens is 1. The maximum absolute atomic E-state index is 12.2. The quantitative estimate of drug-likeness (QED) is 0.700. The number of hydrogen-bond acceptors (Lipinski definition) is 4. The van der Waals surface area contributed by atoms with E-state index in [4.69, 9.17) is 16.0 Å². The summed E-state index contributed by atoms with van der Waals surface area (Å²) >= 11 is 5.91. The lowest BCUT2D eigenvalue weighted by atomic mass is 10.2. The molecule has 0 fully saturated rings. The molecule has 0 aliphatic heterocycles. The van der Waals surface area contributed by atoms with Gasteiger partial charge in [0.25, 0.3) is 0 Å². The minimum Gasteiger partial charge on any atom is -0.458 e. The van der Waals surface area contributed by atoms with Crippen molar-refractivity contribution in [2.75, 3.05) is 6.54 Å². The Balaban J connectivity index is 1.64. The maximum Gasteiger partial charge on any atom is 0.242 e. The van der Waals surface area contributed by atoms with Gasteiger partial charge >= 0.3 is 0 Å². The summed E-state index contributed by atoms with van der Waals surface area (Å²) in [5, 5.41) is 11.2. The monoisotopic (exact) mass is 365 g/mol. The van der Waals surface area contributed by atoms with Crippen LogP contribution in [0.5, 0.6) is 0 Å². The molecule has 3 rings (SSSR count). The second-order valence-electron chi connectivity index (χ2n) is 5.32. The standard InChI is InChI=1S/C17H16ClNO4S/c18-13-6-2-4-8-17(13)24(21,22)19-10-9-14(20)16-11-12-5-1-3-7-15(12)23-16/h1-8,11,14,19-20H,9-10H2/t14-/m0/s1. The molecule has 0 radical (unpaired) electrons. The molecule has 2 N–H and O–H groups in total. The van der Waals surface area contributed by atoms with Crippen LogP contribution < -0.4 is 4.72 Å². The molecule has 0 amide bonds. The highest BCUT2D eigenvalue weighted by molar-refractivity contribution is 7.89. The molecule has 7 heteroatoms. The van der Waals surface area contributed by atoms with E-state index in [-0.39, 0.29) is 22.9 Å². The van der Waals surface area contributed by atoms with Crippen molar-refractivity contribution in [1.29, 1.82) is 0 Å². The van der Waals surface area contributed by atoms with Crippen molar-refractivity contribution in [2.24, 2.45) is 0 Å². The molecule has 0 aliphatic rings. The molecule has 0 spiro atoms. The third-order valence-electron chi connectivity index (χ3n) is 3.61. The summed E-state index contributed by atoms with van der Waals surface area (Å²) in [6.07, 6.45) is -0.713. The van der Waals surface area contributed by atoms with Crippen LogP contribution in [0.15, 0.2) is 63.9 Å². The molecule has 1 aromatic heterocycles. The molecule has 0 saturated carbocycles. The number of benzene rings is 2. The third kappa shape index (κ3) is 3.62. The first kappa shape index (κ1) is 17.0. The second-order valence-corrected chi connectivity index (χ2v) is 7.46. The van der Waals surface area contributed by atoms with Crippen molar-refractivity contribution in [3.05, 3.63) is 65.4 Å². The van der Waals surface area contributed by atoms with Crippen molar-refractivity contribution in [2.45, 2.75) is 17.4 Å². The topological polar surface area (TPSA) is 79.5 Å². The van der Waals surface area contributed by atoms with E-state index in [9.17, 15) is 13.5 Å². The molecule has 24 heavy (non-hydrogen) atoms. The van der Waals surface area contributed by atoms with Gasteiger partial charge in [-0.2, -0.15) is 0 Å². The van der Waals surface area contributed by atoms with Crippen LogP contribution in [0.2, 0.25) is 5.02 Å². The predicted octanol–water partition coefficient (Wildman–Crippen LogP) is 3.49. The number of furan rings is 1. The van der Waals surface area contributed by atoms with E-state index in [1.807, 2.05) is 24.3 Å². The van der Waals surface area contributed by atoms with Gasteiger partial charge in [-0.05, 0) is 30.7 Å². The number of aliphatic hydroxyl groups excluding tert-OH is 1. The van der Waals surface area contributed by atoms with Crippen LogP contribution in [0.3, 0.4) is 0 Å². The molecule has 2 aromatic carbocycles. The molecular formula is C17H16ClNO4S. The van der Waals surface area contributed by atoms with E-state index in [1.54, 1.807) is 18.2 Å². The molecule has 3 aromatic rings. The highest BCUT2D eigenvalue weighted by atomic mass is 35.5. The predicted molar refractivity (Wildman–Crippen MR) is 92.4 cm³/mol. The van der Waals surface area contributed by atoms with Crippen LogP contribution in [-0.4, -0.2) is 20.1 Å². The lowest BCUT2D eigenvalue weighted by Crippen LogP contribution is -2.26. The number of para-hydroxylation sites is 1. The van der Waals surface area contributed by atoms with Gasteiger partial charge in [-0.1, -0.05) is 41.9 Å². The SMILES string of the molecule is O=S(=O)(NCC[C@H](O)c1cc2ccccc2o1)c1ccccc1Cl. The number of rotatable bonds is 6. The van der Waals surface area contributed by atoms with Gasteiger partial charge in [0, 0.05) is 11.9 Å². The fraction of sp³-hybridized carbons (Fsp3) is 0.176. The zero-order valence-corrected chi connectivity index (χ0v) is 14.2. The Morgan fingerprint density at radius 1 is 1.12 bits per heavy atom. The van der Waals surface area contributed by atoms with E-state index >= 15 is 0 Å². The summed E-state index contributed by atoms with van der Waals surface area (Å²) in [5.41, 5.74) is 0.684. The van der Waals surface area contributed by atoms with E-state index in [2.05, 4.69) is 4.72 Å². The number of aliphatic hydroxyl groups is 1. The average molecular weight is 366 g/mol. The highest BCUT2D eigenvalue weighted by Crippen LogP contribution is 2.25. The van der Waals surface area contributed by atoms with Gasteiger partial charge in [-0.3, -0.25) is 0 Å². The van der Waals surface area contributed by atoms with Gasteiger partial charge in [0.15, 0.2) is 0 Å². The molecule has 126 valence electrons. The molecule has 0 unspecified atom stereocenters. The van der Waals surface area contributed by atoms with E-state index in [0.29, 0.717) is 11.3 Å². The second kappa shape index (κ2) is 6.94. The largest absolute Gasteiger partial charge is 0.458 e. The minimum absolute atomic E-state index is 0.0184. The number of sulfonamides is 1. The van der Waals surface area contributed by atoms with E-state index in [1.165, 1.54) is 12.1 Å². The first-order valence-electron chi connectivity index (χ1n) is 7.38. The molecular weight excluding hydrogens is 350 g/mol. The average Bonchev–Trinajstić information content (AvgIpc) is 2.99. The van der Waals surface area contributed by atoms with Crippen molar-refractivity contribution in [3.63, 3.8) is 0 Å². The number of hydrogen-bond donors (Lipinski definition) is 2. The van der Waals surface area contributed by atoms with Crippen molar-refractivity contribution in [1.82, 2.24) is 4.72 Å². The van der Waals surface area contributed by atoms with Gasteiger partial charge < -0.3 is 9.52 Å². The molecule has 1 heterocycles. The zero-order valence-electron chi connectivity index (χ0n) is 12.6. The summed E-state index contributed by atoms with van der Waals surface area (Å²) in [6, 6.07) is 15.4. The van der Waals surface area contributed by atoms with Crippen LogP contribution in [0.25, 0.3) is 11.0 Å². The van der Waals surface area contributed by atoms with Gasteiger partial charge in [-0.15, -0.1) is 0 Å². The first-order valence-corrected chi connectivity index (χ1v) is 9.24. The van der Waals surface area contributed by atoms with Crippen molar-refractivity contribution >= 4 is 32.6 Å². The molecule has 1 atom stereocenters. The molecule has 5 nitrogen and oxygen atoms in total. The minimum atomic E-state index is -3.72. The molecule has 0 saturated heterocycles. The van der Waals surface area contributed by atoms with Crippen molar-refractivity contribution < 1.29 is 17.9 Å². The van der Waals surface area contributed by atoms with Gasteiger partial charge in [0.1, 0.15) is 22.3 Å². The van der Waals surface area contributed by atoms with Crippen LogP contribution in [0.1, 0.15) is 18.3 Å². The zero-order chi connectivity index (χ0) is 17.2. The summed E-state index contributed by atoms with van der Waals surface area (Å²) in [6.45, 7) is 0.0613. The van der Waals surface area contributed by atoms with Gasteiger partial charge in [0.2, 0.25) is 10.0 Å². The summed E-state index contributed by atoms with van der Waals surface area (Å²) in [4.78, 5) is 0.0184. The summed E-state index contributed by atoms with van der Waals surface area (Å²) in [7, 11) is -3.72. The lowest BCUT2D eigenvalue weighted by Gasteiger charge is -2.10. The number of fused-ring (bicyclic) bond motifs is 1. The fourth-order valence-corrected chi connectivity index (χ4v) is 3.94. The van der Waals surface area contributed by atoms with Crippen LogP contribution in [0, 0.1) is 0 Å². The van der Waals surface area contributed by atoms with Gasteiger partial charge in [-0.25, -0.2) is 13.1 Å². The van der Waals surface area contributed by atoms with E-state index in [0.717, 1.165) is 5.39 Å². The Morgan fingerprint density at radius 2 is 1.83 bits per heavy atom. The van der Waals surface area contributed by atoms with E-state index < -0.39 is 16.1 Å². The number of nitrogens with one attached hydrogen (secondary N) is 1. The smallest absolute Gasteiger partial charge is 0.242 e. The molecule has 0 bridgehead atoms. The molecule has 0 aliphatic carbocycles. The Hall–Kier alpha value is -1.86. The highest BCUT2D eigenvalue weighted by Gasteiger charge is 2.19. The Kier molecular flexibility index (Phi) is 4.91. The third-order valence-corrected chi connectivity index (χ3v) is 5.57. The normalized spacial score (nSPS) is 13.2. The summed E-state index contributed by atoms with van der Waals surface area (Å²) < 4.78 is 32.4. The summed E-state index contributed by atoms with van der Waals surface area (Å²) in [5.74, 6) is 0.410. The maximum atomic E-state index is 12.2. The van der Waals surface area contributed by atoms with Crippen LogP contribution in [-0.2, 0) is 10.0 Å². The first-order chi connectivity index (χ1) is 11.5. The fourth-order valence-electron chi connectivity index (χ4n) is 2.38. The lowest BCUT2D eigenvalue weighted by molar-refractivity contribution is 0.144.